The van der Waals surface area contributed by atoms with E-state index >= 15 is 0 Å². The SMILES string of the molecule is CCCC(CN)C(=O)NC1CCCC1C(=O)O. The molecule has 5 heteroatoms. The number of rotatable bonds is 6. The van der Waals surface area contributed by atoms with Crippen molar-refractivity contribution in [3.8, 4) is 0 Å². The highest BCUT2D eigenvalue weighted by Gasteiger charge is 2.34. The molecule has 17 heavy (non-hydrogen) atoms. The molecule has 0 aromatic carbocycles. The minimum atomic E-state index is -0.812. The van der Waals surface area contributed by atoms with Gasteiger partial charge < -0.3 is 16.2 Å². The monoisotopic (exact) mass is 242 g/mol. The van der Waals surface area contributed by atoms with Crippen LogP contribution in [0.2, 0.25) is 0 Å². The molecule has 1 saturated carbocycles. The highest BCUT2D eigenvalue weighted by atomic mass is 16.4. The van der Waals surface area contributed by atoms with Gasteiger partial charge in [-0.2, -0.15) is 0 Å². The molecule has 4 N–H and O–H groups in total. The minimum Gasteiger partial charge on any atom is -0.481 e. The number of hydrogen-bond acceptors (Lipinski definition) is 3. The number of hydrogen-bond donors (Lipinski definition) is 3. The van der Waals surface area contributed by atoms with Crippen molar-refractivity contribution >= 4 is 11.9 Å². The first kappa shape index (κ1) is 14.0. The van der Waals surface area contributed by atoms with Gasteiger partial charge in [0.1, 0.15) is 0 Å². The van der Waals surface area contributed by atoms with Crippen LogP contribution in [0.5, 0.6) is 0 Å². The van der Waals surface area contributed by atoms with Crippen molar-refractivity contribution in [2.75, 3.05) is 6.54 Å². The number of aliphatic carboxylic acids is 1. The second-order valence-electron chi connectivity index (χ2n) is 4.71. The molecule has 1 aliphatic carbocycles. The predicted octanol–water partition coefficient (Wildman–Crippen LogP) is 0.731. The van der Waals surface area contributed by atoms with E-state index in [1.165, 1.54) is 0 Å². The van der Waals surface area contributed by atoms with Gasteiger partial charge in [-0.1, -0.05) is 19.8 Å². The molecule has 1 aliphatic rings. The number of nitrogens with one attached hydrogen (secondary N) is 1. The Morgan fingerprint density at radius 1 is 1.47 bits per heavy atom. The van der Waals surface area contributed by atoms with Crippen LogP contribution in [0.1, 0.15) is 39.0 Å². The lowest BCUT2D eigenvalue weighted by Gasteiger charge is -2.21. The molecule has 5 nitrogen and oxygen atoms in total. The van der Waals surface area contributed by atoms with Gasteiger partial charge in [-0.3, -0.25) is 9.59 Å². The second-order valence-corrected chi connectivity index (χ2v) is 4.71. The highest BCUT2D eigenvalue weighted by Crippen LogP contribution is 2.26. The van der Waals surface area contributed by atoms with E-state index in [0.29, 0.717) is 13.0 Å². The zero-order valence-electron chi connectivity index (χ0n) is 10.3. The first-order valence-electron chi connectivity index (χ1n) is 6.33. The van der Waals surface area contributed by atoms with Gasteiger partial charge in [-0.15, -0.1) is 0 Å². The number of carbonyl (C=O) groups excluding carboxylic acids is 1. The fourth-order valence-corrected chi connectivity index (χ4v) is 2.43. The third kappa shape index (κ3) is 3.70. The average Bonchev–Trinajstić information content (AvgIpc) is 2.73. The van der Waals surface area contributed by atoms with Gasteiger partial charge in [-0.05, 0) is 19.3 Å². The zero-order chi connectivity index (χ0) is 12.8. The Hall–Kier alpha value is -1.10. The Morgan fingerprint density at radius 3 is 2.71 bits per heavy atom. The molecule has 1 fully saturated rings. The quantitative estimate of drug-likeness (QED) is 0.640. The normalized spacial score (nSPS) is 25.5. The summed E-state index contributed by atoms with van der Waals surface area (Å²) in [6.07, 6.45) is 3.94. The van der Waals surface area contributed by atoms with Crippen LogP contribution >= 0.6 is 0 Å². The number of amides is 1. The van der Waals surface area contributed by atoms with Gasteiger partial charge in [0.05, 0.1) is 11.8 Å². The van der Waals surface area contributed by atoms with Crippen LogP contribution < -0.4 is 11.1 Å². The molecular formula is C12H22N2O3. The Balaban J connectivity index is 2.52. The zero-order valence-corrected chi connectivity index (χ0v) is 10.3. The summed E-state index contributed by atoms with van der Waals surface area (Å²) in [7, 11) is 0. The summed E-state index contributed by atoms with van der Waals surface area (Å²) in [4.78, 5) is 22.9. The van der Waals surface area contributed by atoms with E-state index < -0.39 is 11.9 Å². The maximum absolute atomic E-state index is 11.9. The van der Waals surface area contributed by atoms with Crippen molar-refractivity contribution in [3.05, 3.63) is 0 Å². The first-order valence-corrected chi connectivity index (χ1v) is 6.33. The summed E-state index contributed by atoms with van der Waals surface area (Å²) in [5.41, 5.74) is 5.55. The molecule has 98 valence electrons. The van der Waals surface area contributed by atoms with Crippen LogP contribution in [0.4, 0.5) is 0 Å². The van der Waals surface area contributed by atoms with Gasteiger partial charge in [0.25, 0.3) is 0 Å². The largest absolute Gasteiger partial charge is 0.481 e. The molecular weight excluding hydrogens is 220 g/mol. The molecule has 0 radical (unpaired) electrons. The van der Waals surface area contributed by atoms with Crippen molar-refractivity contribution in [2.45, 2.75) is 45.1 Å². The number of carboxylic acids is 1. The molecule has 0 aliphatic heterocycles. The standard InChI is InChI=1S/C12H22N2O3/c1-2-4-8(7-13)11(15)14-10-6-3-5-9(10)12(16)17/h8-10H,2-7,13H2,1H3,(H,14,15)(H,16,17). The Labute approximate surface area is 102 Å². The van der Waals surface area contributed by atoms with Crippen LogP contribution in [-0.4, -0.2) is 29.6 Å². The van der Waals surface area contributed by atoms with Crippen molar-refractivity contribution in [1.29, 1.82) is 0 Å². The maximum atomic E-state index is 11.9. The van der Waals surface area contributed by atoms with Crippen molar-refractivity contribution in [1.82, 2.24) is 5.32 Å². The average molecular weight is 242 g/mol. The maximum Gasteiger partial charge on any atom is 0.308 e. The van der Waals surface area contributed by atoms with Crippen molar-refractivity contribution in [3.63, 3.8) is 0 Å². The van der Waals surface area contributed by atoms with E-state index in [0.717, 1.165) is 25.7 Å². The lowest BCUT2D eigenvalue weighted by atomic mass is 10.00. The summed E-state index contributed by atoms with van der Waals surface area (Å²) >= 11 is 0. The number of nitrogens with two attached hydrogens (primary N) is 1. The lowest BCUT2D eigenvalue weighted by molar-refractivity contribution is -0.142. The van der Waals surface area contributed by atoms with Crippen LogP contribution in [0.3, 0.4) is 0 Å². The number of carbonyl (C=O) groups is 2. The molecule has 0 saturated heterocycles. The summed E-state index contributed by atoms with van der Waals surface area (Å²) in [5.74, 6) is -1.52. The van der Waals surface area contributed by atoms with Crippen molar-refractivity contribution in [2.24, 2.45) is 17.6 Å². The van der Waals surface area contributed by atoms with Gasteiger partial charge in [0.15, 0.2) is 0 Å². The topological polar surface area (TPSA) is 92.4 Å². The summed E-state index contributed by atoms with van der Waals surface area (Å²) in [6.45, 7) is 2.33. The Morgan fingerprint density at radius 2 is 2.18 bits per heavy atom. The van der Waals surface area contributed by atoms with Crippen LogP contribution in [0.15, 0.2) is 0 Å². The van der Waals surface area contributed by atoms with E-state index in [9.17, 15) is 9.59 Å². The molecule has 3 unspecified atom stereocenters. The van der Waals surface area contributed by atoms with Gasteiger partial charge >= 0.3 is 5.97 Å². The fraction of sp³-hybridized carbons (Fsp3) is 0.833. The molecule has 0 spiro atoms. The molecule has 0 bridgehead atoms. The van der Waals surface area contributed by atoms with E-state index in [1.807, 2.05) is 6.92 Å². The molecule has 0 aromatic heterocycles. The van der Waals surface area contributed by atoms with E-state index in [-0.39, 0.29) is 17.9 Å². The van der Waals surface area contributed by atoms with E-state index in [1.54, 1.807) is 0 Å². The smallest absolute Gasteiger partial charge is 0.308 e. The third-order valence-corrected chi connectivity index (χ3v) is 3.45. The molecule has 1 amide bonds. The van der Waals surface area contributed by atoms with Gasteiger partial charge in [0.2, 0.25) is 5.91 Å². The lowest BCUT2D eigenvalue weighted by Crippen LogP contribution is -2.44. The Bertz CT molecular complexity index is 281. The summed E-state index contributed by atoms with van der Waals surface area (Å²) < 4.78 is 0. The van der Waals surface area contributed by atoms with Crippen LogP contribution in [0, 0.1) is 11.8 Å². The van der Waals surface area contributed by atoms with Crippen molar-refractivity contribution < 1.29 is 14.7 Å². The molecule has 0 aromatic rings. The predicted molar refractivity (Wildman–Crippen MR) is 64.4 cm³/mol. The summed E-state index contributed by atoms with van der Waals surface area (Å²) in [6, 6.07) is -0.217. The van der Waals surface area contributed by atoms with Crippen LogP contribution in [-0.2, 0) is 9.59 Å². The van der Waals surface area contributed by atoms with Crippen LogP contribution in [0.25, 0.3) is 0 Å². The molecule has 1 rings (SSSR count). The van der Waals surface area contributed by atoms with E-state index in [4.69, 9.17) is 10.8 Å². The molecule has 3 atom stereocenters. The number of carboxylic acid groups (broad SMARTS) is 1. The van der Waals surface area contributed by atoms with Gasteiger partial charge in [-0.25, -0.2) is 0 Å². The highest BCUT2D eigenvalue weighted by molar-refractivity contribution is 5.80. The third-order valence-electron chi connectivity index (χ3n) is 3.45. The minimum absolute atomic E-state index is 0.0903. The first-order chi connectivity index (χ1) is 8.10. The second kappa shape index (κ2) is 6.59. The van der Waals surface area contributed by atoms with Gasteiger partial charge in [0, 0.05) is 12.6 Å². The Kier molecular flexibility index (Phi) is 5.41. The molecule has 0 heterocycles. The fourth-order valence-electron chi connectivity index (χ4n) is 2.43. The summed E-state index contributed by atoms with van der Waals surface area (Å²) in [5, 5.41) is 11.9. The van der Waals surface area contributed by atoms with E-state index in [2.05, 4.69) is 5.32 Å².